The maximum absolute atomic E-state index is 10.4. The van der Waals surface area contributed by atoms with Gasteiger partial charge in [-0.15, -0.1) is 0 Å². The van der Waals surface area contributed by atoms with Gasteiger partial charge in [0.2, 0.25) is 0 Å². The summed E-state index contributed by atoms with van der Waals surface area (Å²) in [6, 6.07) is 8.02. The van der Waals surface area contributed by atoms with Gasteiger partial charge in [-0.1, -0.05) is 24.3 Å². The molecule has 1 fully saturated rings. The number of benzene rings is 1. The first kappa shape index (κ1) is 12.6. The molecule has 1 heterocycles. The molecule has 2 rings (SSSR count). The molecule has 94 valence electrons. The second kappa shape index (κ2) is 5.63. The van der Waals surface area contributed by atoms with Gasteiger partial charge in [0.05, 0.1) is 6.10 Å². The van der Waals surface area contributed by atoms with Crippen LogP contribution in [0.5, 0.6) is 0 Å². The van der Waals surface area contributed by atoms with Gasteiger partial charge in [0.1, 0.15) is 0 Å². The smallest absolute Gasteiger partial charge is 0.0819 e. The lowest BCUT2D eigenvalue weighted by molar-refractivity contribution is 0.0657. The molecule has 1 aromatic carbocycles. The molecule has 0 saturated carbocycles. The molecule has 1 atom stereocenters. The molecule has 1 aliphatic rings. The van der Waals surface area contributed by atoms with E-state index in [-0.39, 0.29) is 6.10 Å². The van der Waals surface area contributed by atoms with Crippen LogP contribution >= 0.6 is 0 Å². The topological polar surface area (TPSA) is 49.5 Å². The first-order valence-corrected chi connectivity index (χ1v) is 6.36. The highest BCUT2D eigenvalue weighted by Crippen LogP contribution is 2.30. The Morgan fingerprint density at radius 3 is 2.76 bits per heavy atom. The van der Waals surface area contributed by atoms with Crippen LogP contribution in [0.25, 0.3) is 0 Å². The summed E-state index contributed by atoms with van der Waals surface area (Å²) in [4.78, 5) is 2.32. The Kier molecular flexibility index (Phi) is 4.15. The minimum absolute atomic E-state index is 0.338. The van der Waals surface area contributed by atoms with Crippen LogP contribution in [0.4, 0.5) is 0 Å². The first-order valence-electron chi connectivity index (χ1n) is 6.36. The van der Waals surface area contributed by atoms with Gasteiger partial charge in [-0.05, 0) is 50.0 Å². The van der Waals surface area contributed by atoms with Crippen molar-refractivity contribution in [1.29, 1.82) is 0 Å². The maximum atomic E-state index is 10.4. The van der Waals surface area contributed by atoms with E-state index in [4.69, 9.17) is 5.73 Å². The molecular formula is C14H22N2O. The number of hydrogen-bond donors (Lipinski definition) is 2. The van der Waals surface area contributed by atoms with Gasteiger partial charge < -0.3 is 15.7 Å². The first-order chi connectivity index (χ1) is 8.20. The zero-order valence-corrected chi connectivity index (χ0v) is 10.5. The van der Waals surface area contributed by atoms with Crippen LogP contribution in [0, 0.1) is 5.92 Å². The molecule has 1 unspecified atom stereocenters. The monoisotopic (exact) mass is 234 g/mol. The molecule has 0 aliphatic carbocycles. The third-order valence-electron chi connectivity index (χ3n) is 3.74. The van der Waals surface area contributed by atoms with E-state index in [1.165, 1.54) is 0 Å². The second-order valence-electron chi connectivity index (χ2n) is 5.03. The van der Waals surface area contributed by atoms with Crippen LogP contribution in [0.15, 0.2) is 24.3 Å². The number of rotatable bonds is 3. The summed E-state index contributed by atoms with van der Waals surface area (Å²) in [5.74, 6) is 0.388. The number of aliphatic hydroxyl groups is 1. The highest BCUT2D eigenvalue weighted by molar-refractivity contribution is 5.25. The minimum Gasteiger partial charge on any atom is -0.388 e. The molecule has 3 heteroatoms. The summed E-state index contributed by atoms with van der Waals surface area (Å²) in [5, 5.41) is 10.4. The van der Waals surface area contributed by atoms with Gasteiger partial charge in [-0.2, -0.15) is 0 Å². The summed E-state index contributed by atoms with van der Waals surface area (Å²) in [5.41, 5.74) is 7.74. The summed E-state index contributed by atoms with van der Waals surface area (Å²) < 4.78 is 0. The molecule has 17 heavy (non-hydrogen) atoms. The predicted molar refractivity (Wildman–Crippen MR) is 69.5 cm³/mol. The highest BCUT2D eigenvalue weighted by atomic mass is 16.3. The fourth-order valence-electron chi connectivity index (χ4n) is 2.52. The predicted octanol–water partition coefficient (Wildman–Crippen LogP) is 1.52. The van der Waals surface area contributed by atoms with Gasteiger partial charge >= 0.3 is 0 Å². The van der Waals surface area contributed by atoms with Crippen molar-refractivity contribution in [3.8, 4) is 0 Å². The van der Waals surface area contributed by atoms with E-state index in [9.17, 15) is 5.11 Å². The Hall–Kier alpha value is -0.900. The molecule has 1 aliphatic heterocycles. The number of hydrogen-bond acceptors (Lipinski definition) is 3. The third kappa shape index (κ3) is 3.06. The largest absolute Gasteiger partial charge is 0.388 e. The molecule has 0 aromatic heterocycles. The number of nitrogens with zero attached hydrogens (tertiary/aromatic N) is 1. The Morgan fingerprint density at radius 1 is 1.41 bits per heavy atom. The molecular weight excluding hydrogens is 212 g/mol. The van der Waals surface area contributed by atoms with Crippen molar-refractivity contribution in [1.82, 2.24) is 4.90 Å². The van der Waals surface area contributed by atoms with Crippen LogP contribution in [0.3, 0.4) is 0 Å². The number of aliphatic hydroxyl groups excluding tert-OH is 1. The van der Waals surface area contributed by atoms with E-state index in [0.717, 1.165) is 37.1 Å². The van der Waals surface area contributed by atoms with Gasteiger partial charge in [0.25, 0.3) is 0 Å². The number of piperidine rings is 1. The number of nitrogens with two attached hydrogens (primary N) is 1. The van der Waals surface area contributed by atoms with Gasteiger partial charge in [-0.25, -0.2) is 0 Å². The Labute approximate surface area is 103 Å². The molecule has 1 aromatic rings. The Morgan fingerprint density at radius 2 is 2.12 bits per heavy atom. The standard InChI is InChI=1S/C14H22N2O/c1-16-7-5-12(6-8-16)14(17)13-4-2-3-11(9-13)10-15/h2-4,9,12,14,17H,5-8,10,15H2,1H3. The van der Waals surface area contributed by atoms with Crippen LogP contribution in [-0.4, -0.2) is 30.1 Å². The lowest BCUT2D eigenvalue weighted by atomic mass is 9.87. The number of likely N-dealkylation sites (tertiary alicyclic amines) is 1. The van der Waals surface area contributed by atoms with Gasteiger partial charge in [0.15, 0.2) is 0 Å². The van der Waals surface area contributed by atoms with E-state index >= 15 is 0 Å². The molecule has 3 nitrogen and oxygen atoms in total. The van der Waals surface area contributed by atoms with E-state index in [2.05, 4.69) is 11.9 Å². The fraction of sp³-hybridized carbons (Fsp3) is 0.571. The van der Waals surface area contributed by atoms with Crippen molar-refractivity contribution in [2.45, 2.75) is 25.5 Å². The normalized spacial score (nSPS) is 20.4. The van der Waals surface area contributed by atoms with Crippen molar-refractivity contribution in [3.63, 3.8) is 0 Å². The average Bonchev–Trinajstić information content (AvgIpc) is 2.39. The van der Waals surface area contributed by atoms with Crippen molar-refractivity contribution in [2.75, 3.05) is 20.1 Å². The molecule has 3 N–H and O–H groups in total. The second-order valence-corrected chi connectivity index (χ2v) is 5.03. The zero-order chi connectivity index (χ0) is 12.3. The zero-order valence-electron chi connectivity index (χ0n) is 10.5. The Balaban J connectivity index is 2.05. The third-order valence-corrected chi connectivity index (χ3v) is 3.74. The van der Waals surface area contributed by atoms with E-state index in [1.807, 2.05) is 24.3 Å². The Bertz CT molecular complexity index is 359. The fourth-order valence-corrected chi connectivity index (χ4v) is 2.52. The molecule has 0 radical (unpaired) electrons. The molecule has 0 spiro atoms. The summed E-state index contributed by atoms with van der Waals surface area (Å²) in [6.07, 6.45) is 1.81. The average molecular weight is 234 g/mol. The summed E-state index contributed by atoms with van der Waals surface area (Å²) >= 11 is 0. The van der Waals surface area contributed by atoms with Gasteiger partial charge in [-0.3, -0.25) is 0 Å². The maximum Gasteiger partial charge on any atom is 0.0819 e. The van der Waals surface area contributed by atoms with E-state index in [1.54, 1.807) is 0 Å². The van der Waals surface area contributed by atoms with Crippen LogP contribution in [0.1, 0.15) is 30.1 Å². The van der Waals surface area contributed by atoms with Gasteiger partial charge in [0, 0.05) is 6.54 Å². The van der Waals surface area contributed by atoms with Crippen molar-refractivity contribution < 1.29 is 5.11 Å². The van der Waals surface area contributed by atoms with Crippen molar-refractivity contribution in [2.24, 2.45) is 11.7 Å². The van der Waals surface area contributed by atoms with E-state index in [0.29, 0.717) is 12.5 Å². The van der Waals surface area contributed by atoms with Crippen molar-refractivity contribution >= 4 is 0 Å². The highest BCUT2D eigenvalue weighted by Gasteiger charge is 2.24. The van der Waals surface area contributed by atoms with Crippen LogP contribution in [0.2, 0.25) is 0 Å². The van der Waals surface area contributed by atoms with Crippen molar-refractivity contribution in [3.05, 3.63) is 35.4 Å². The minimum atomic E-state index is -0.338. The lowest BCUT2D eigenvalue weighted by Crippen LogP contribution is -2.32. The molecule has 1 saturated heterocycles. The quantitative estimate of drug-likeness (QED) is 0.833. The van der Waals surface area contributed by atoms with Crippen LogP contribution < -0.4 is 5.73 Å². The SMILES string of the molecule is CN1CCC(C(O)c2cccc(CN)c2)CC1. The van der Waals surface area contributed by atoms with Crippen LogP contribution in [-0.2, 0) is 6.54 Å². The summed E-state index contributed by atoms with van der Waals surface area (Å²) in [6.45, 7) is 2.70. The molecule has 0 amide bonds. The molecule has 0 bridgehead atoms. The summed E-state index contributed by atoms with van der Waals surface area (Å²) in [7, 11) is 2.14. The van der Waals surface area contributed by atoms with E-state index < -0.39 is 0 Å². The lowest BCUT2D eigenvalue weighted by Gasteiger charge is -2.32.